The normalized spacial score (nSPS) is 28.2. The van der Waals surface area contributed by atoms with Gasteiger partial charge in [-0.15, -0.1) is 23.1 Å². The highest BCUT2D eigenvalue weighted by Gasteiger charge is 2.48. The number of aromatic nitrogens is 1. The zero-order chi connectivity index (χ0) is 47.9. The number of nitriles is 1. The van der Waals surface area contributed by atoms with E-state index < -0.39 is 0 Å². The molecular formula is C64H60N6OS2. The third-order valence-electron chi connectivity index (χ3n) is 18.7. The Morgan fingerprint density at radius 2 is 1.58 bits per heavy atom. The molecule has 7 aromatic rings. The molecule has 0 spiro atoms. The summed E-state index contributed by atoms with van der Waals surface area (Å²) in [6, 6.07) is 34.9. The first-order chi connectivity index (χ1) is 36.2. The second-order valence-electron chi connectivity index (χ2n) is 22.4. The third-order valence-corrected chi connectivity index (χ3v) is 21.5. The minimum Gasteiger partial charge on any atom is -0.456 e. The number of nitrogens with zero attached hydrogens (tertiary/aromatic N) is 3. The standard InChI is InChI=1S/C64H60N6OS2/c65-35-37-33-47(64-67-62(36-15-2-1-3-16-36)66-63(68-64)46-23-14-22-41-38-17-6-11-26-54(38)71-59(41)46)53(70-49-25-10-5-21-45(49)58-51(70)32-30-43-40-19-8-13-28-56(40)73-61(43)58)34-52(37)69-48-24-9-4-20-44(48)57-50(69)31-29-42-39-18-7-12-27-55(39)72-60(42)57/h1-4,6,8-9,11,13,15,17,19-20,22,24,26,28,33-34,36,42,45,49,60,62-64,66-68H,5,7,10,12,14,16,18,21,23,25,27,29-32H2. The molecule has 4 aromatic carbocycles. The lowest BCUT2D eigenvalue weighted by Gasteiger charge is -2.44. The van der Waals surface area contributed by atoms with Gasteiger partial charge < -0.3 is 13.9 Å². The van der Waals surface area contributed by atoms with Crippen molar-refractivity contribution in [2.75, 3.05) is 4.90 Å². The number of fused-ring (bicyclic) bond motifs is 15. The lowest BCUT2D eigenvalue weighted by atomic mass is 9.78. The Morgan fingerprint density at radius 1 is 0.726 bits per heavy atom. The van der Waals surface area contributed by atoms with Crippen molar-refractivity contribution in [3.05, 3.63) is 169 Å². The first kappa shape index (κ1) is 43.5. The maximum atomic E-state index is 11.7. The summed E-state index contributed by atoms with van der Waals surface area (Å²) in [7, 11) is 0. The second-order valence-corrected chi connectivity index (χ2v) is 24.6. The van der Waals surface area contributed by atoms with Gasteiger partial charge in [-0.25, -0.2) is 0 Å². The lowest BCUT2D eigenvalue weighted by molar-refractivity contribution is 0.193. The molecule has 1 saturated carbocycles. The number of benzene rings is 4. The molecule has 3 N–H and O–H groups in total. The molecule has 2 fully saturated rings. The van der Waals surface area contributed by atoms with Gasteiger partial charge in [0, 0.05) is 76.9 Å². The number of furan rings is 1. The fourth-order valence-electron chi connectivity index (χ4n) is 15.6. The molecular weight excluding hydrogens is 933 g/mol. The summed E-state index contributed by atoms with van der Waals surface area (Å²) in [5, 5.41) is 29.9. The van der Waals surface area contributed by atoms with E-state index >= 15 is 0 Å². The number of anilines is 1. The molecule has 8 atom stereocenters. The molecule has 8 unspecified atom stereocenters. The molecule has 9 aliphatic rings. The van der Waals surface area contributed by atoms with Crippen molar-refractivity contribution in [3.63, 3.8) is 0 Å². The van der Waals surface area contributed by atoms with E-state index in [0.29, 0.717) is 23.1 Å². The van der Waals surface area contributed by atoms with Crippen molar-refractivity contribution in [2.24, 2.45) is 17.8 Å². The maximum Gasteiger partial charge on any atom is 0.137 e. The predicted molar refractivity (Wildman–Crippen MR) is 300 cm³/mol. The number of hydrogen-bond acceptors (Lipinski definition) is 8. The minimum atomic E-state index is -0.267. The molecule has 0 bridgehead atoms. The molecule has 9 heteroatoms. The number of hydrogen-bond donors (Lipinski definition) is 3. The van der Waals surface area contributed by atoms with Crippen LogP contribution in [-0.2, 0) is 12.8 Å². The minimum absolute atomic E-state index is 0.0370. The molecule has 6 aliphatic carbocycles. The summed E-state index contributed by atoms with van der Waals surface area (Å²) in [5.74, 6) is 1.32. The highest BCUT2D eigenvalue weighted by atomic mass is 32.2. The van der Waals surface area contributed by atoms with E-state index in [4.69, 9.17) is 4.42 Å². The predicted octanol–water partition coefficient (Wildman–Crippen LogP) is 13.4. The van der Waals surface area contributed by atoms with Crippen LogP contribution in [0.15, 0.2) is 130 Å². The van der Waals surface area contributed by atoms with Crippen molar-refractivity contribution in [2.45, 2.75) is 126 Å². The first-order valence-corrected chi connectivity index (χ1v) is 29.3. The van der Waals surface area contributed by atoms with Gasteiger partial charge in [-0.3, -0.25) is 16.0 Å². The molecule has 1 saturated heterocycles. The number of rotatable bonds is 5. The summed E-state index contributed by atoms with van der Waals surface area (Å²) >= 11 is 4.22. The van der Waals surface area contributed by atoms with Gasteiger partial charge in [0.15, 0.2) is 0 Å². The number of thioether (sulfide) groups is 1. The van der Waals surface area contributed by atoms with Crippen molar-refractivity contribution >= 4 is 78.0 Å². The van der Waals surface area contributed by atoms with Gasteiger partial charge in [0.25, 0.3) is 0 Å². The zero-order valence-corrected chi connectivity index (χ0v) is 42.9. The quantitative estimate of drug-likeness (QED) is 0.158. The van der Waals surface area contributed by atoms with Crippen LogP contribution in [0.25, 0.3) is 54.9 Å². The number of para-hydroxylation sites is 2. The number of thiophene rings is 1. The Balaban J connectivity index is 0.920. The monoisotopic (exact) mass is 992 g/mol. The van der Waals surface area contributed by atoms with Crippen LogP contribution in [0.2, 0.25) is 0 Å². The van der Waals surface area contributed by atoms with Gasteiger partial charge in [-0.05, 0) is 147 Å². The lowest BCUT2D eigenvalue weighted by Crippen LogP contribution is -2.66. The summed E-state index contributed by atoms with van der Waals surface area (Å²) in [4.78, 5) is 6.08. The SMILES string of the molecule is N#Cc1cc(C2NC(C3=c4oc5ccccc5c4=CCC3)NC(C3C=CC=CC3)N2)c(N2C3=C(c4sc5ccccc5c4CC3)C3CCCCC32)cc1-n1c2c(c3ccccc31)C1SC3=C(CCCC3)C1CC2. The van der Waals surface area contributed by atoms with Crippen LogP contribution in [0.3, 0.4) is 0 Å². The van der Waals surface area contributed by atoms with Gasteiger partial charge in [0.1, 0.15) is 17.1 Å². The third kappa shape index (κ3) is 6.59. The highest BCUT2D eigenvalue weighted by molar-refractivity contribution is 8.03. The average Bonchev–Trinajstić information content (AvgIpc) is 4.29. The van der Waals surface area contributed by atoms with Gasteiger partial charge in [0.2, 0.25) is 0 Å². The van der Waals surface area contributed by atoms with Crippen LogP contribution in [-0.4, -0.2) is 22.9 Å². The molecule has 364 valence electrons. The van der Waals surface area contributed by atoms with Crippen LogP contribution in [0.5, 0.6) is 0 Å². The first-order valence-electron chi connectivity index (χ1n) is 27.6. The Bertz CT molecular complexity index is 3800. The van der Waals surface area contributed by atoms with Crippen molar-refractivity contribution in [1.29, 1.82) is 5.26 Å². The van der Waals surface area contributed by atoms with E-state index in [9.17, 15) is 5.26 Å². The van der Waals surface area contributed by atoms with Crippen LogP contribution in [0, 0.1) is 29.1 Å². The summed E-state index contributed by atoms with van der Waals surface area (Å²) in [6.07, 6.45) is 28.1. The fraction of sp³-hybridized carbons (Fsp3) is 0.359. The van der Waals surface area contributed by atoms with Gasteiger partial charge >= 0.3 is 0 Å². The second kappa shape index (κ2) is 17.1. The van der Waals surface area contributed by atoms with Crippen molar-refractivity contribution in [3.8, 4) is 11.8 Å². The number of aryl methyl sites for hydroxylation is 1. The molecule has 3 aliphatic heterocycles. The topological polar surface area (TPSA) is 81.2 Å². The fourth-order valence-corrected chi connectivity index (χ4v) is 18.8. The van der Waals surface area contributed by atoms with Crippen LogP contribution < -0.4 is 31.5 Å². The Hall–Kier alpha value is -5.86. The molecule has 0 amide bonds. The largest absolute Gasteiger partial charge is 0.456 e. The van der Waals surface area contributed by atoms with Crippen LogP contribution in [0.4, 0.5) is 5.69 Å². The summed E-state index contributed by atoms with van der Waals surface area (Å²) in [5.41, 5.74) is 18.0. The van der Waals surface area contributed by atoms with E-state index in [0.717, 1.165) is 72.8 Å². The summed E-state index contributed by atoms with van der Waals surface area (Å²) < 4.78 is 10.8. The molecule has 73 heavy (non-hydrogen) atoms. The maximum absolute atomic E-state index is 11.7. The Kier molecular flexibility index (Phi) is 10.2. The van der Waals surface area contributed by atoms with Gasteiger partial charge in [0.05, 0.1) is 35.3 Å². The summed E-state index contributed by atoms with van der Waals surface area (Å²) in [6.45, 7) is 0. The van der Waals surface area contributed by atoms with Gasteiger partial charge in [-0.2, -0.15) is 5.26 Å². The van der Waals surface area contributed by atoms with E-state index in [-0.39, 0.29) is 24.4 Å². The van der Waals surface area contributed by atoms with Gasteiger partial charge in [-0.1, -0.05) is 103 Å². The molecule has 16 rings (SSSR count). The molecule has 3 aromatic heterocycles. The number of allylic oxidation sites excluding steroid dienone is 6. The Morgan fingerprint density at radius 3 is 2.49 bits per heavy atom. The smallest absolute Gasteiger partial charge is 0.137 e. The molecule has 0 radical (unpaired) electrons. The van der Waals surface area contributed by atoms with Crippen molar-refractivity contribution in [1.82, 2.24) is 20.5 Å². The van der Waals surface area contributed by atoms with Crippen LogP contribution in [0.1, 0.15) is 128 Å². The highest BCUT2D eigenvalue weighted by Crippen LogP contribution is 2.62. The van der Waals surface area contributed by atoms with E-state index in [1.807, 2.05) is 11.3 Å². The Labute approximate surface area is 435 Å². The molecule has 7 nitrogen and oxygen atoms in total. The van der Waals surface area contributed by atoms with E-state index in [1.54, 1.807) is 21.6 Å². The van der Waals surface area contributed by atoms with E-state index in [2.05, 4.69) is 159 Å². The van der Waals surface area contributed by atoms with Crippen LogP contribution >= 0.6 is 23.1 Å². The van der Waals surface area contributed by atoms with E-state index in [1.165, 1.54) is 116 Å². The molecule has 6 heterocycles. The zero-order valence-electron chi connectivity index (χ0n) is 41.3. The average molecular weight is 993 g/mol. The van der Waals surface area contributed by atoms with Crippen molar-refractivity contribution < 1.29 is 4.42 Å². The number of nitrogens with one attached hydrogen (secondary N) is 3.